The fraction of sp³-hybridized carbons (Fsp3) is 0.333. The molecule has 2 nitrogen and oxygen atoms in total. The number of hydrogen-bond acceptors (Lipinski definition) is 2. The van der Waals surface area contributed by atoms with Crippen molar-refractivity contribution >= 4 is 0 Å². The van der Waals surface area contributed by atoms with Gasteiger partial charge >= 0.3 is 0 Å². The molecule has 2 aromatic carbocycles. The van der Waals surface area contributed by atoms with Crippen LogP contribution in [0.3, 0.4) is 0 Å². The molecule has 0 amide bonds. The maximum Gasteiger partial charge on any atom is 0.121 e. The molecule has 0 atom stereocenters. The molecule has 0 aromatic heterocycles. The molecule has 0 radical (unpaired) electrons. The Morgan fingerprint density at radius 2 is 1.70 bits per heavy atom. The van der Waals surface area contributed by atoms with E-state index in [4.69, 9.17) is 0 Å². The largest absolute Gasteiger partial charge is 0.507 e. The van der Waals surface area contributed by atoms with Crippen molar-refractivity contribution in [3.05, 3.63) is 64.2 Å². The number of aromatic hydroxyl groups is 1. The summed E-state index contributed by atoms with van der Waals surface area (Å²) in [5.74, 6) is 0.428. The second kappa shape index (κ2) is 5.29. The highest BCUT2D eigenvalue weighted by Crippen LogP contribution is 2.25. The Kier molecular flexibility index (Phi) is 3.49. The van der Waals surface area contributed by atoms with E-state index in [0.29, 0.717) is 5.75 Å². The highest BCUT2D eigenvalue weighted by Gasteiger charge is 2.16. The molecule has 3 rings (SSSR count). The predicted molar refractivity (Wildman–Crippen MR) is 81.8 cm³/mol. The van der Waals surface area contributed by atoms with Crippen LogP contribution in [0.2, 0.25) is 0 Å². The number of aryl methyl sites for hydroxylation is 2. The first-order chi connectivity index (χ1) is 9.63. The van der Waals surface area contributed by atoms with Crippen LogP contribution < -0.4 is 0 Å². The zero-order valence-electron chi connectivity index (χ0n) is 12.2. The number of rotatable bonds is 2. The third-order valence-corrected chi connectivity index (χ3v) is 4.17. The molecule has 1 aliphatic rings. The van der Waals surface area contributed by atoms with Crippen LogP contribution in [0.4, 0.5) is 0 Å². The molecular weight excluding hydrogens is 246 g/mol. The van der Waals surface area contributed by atoms with Gasteiger partial charge in [0.1, 0.15) is 5.75 Å². The Labute approximate surface area is 120 Å². The lowest BCUT2D eigenvalue weighted by Crippen LogP contribution is -2.30. The van der Waals surface area contributed by atoms with Crippen LogP contribution in [-0.4, -0.2) is 16.6 Å². The second-order valence-corrected chi connectivity index (χ2v) is 5.81. The molecule has 1 aliphatic heterocycles. The molecule has 0 fully saturated rings. The Balaban J connectivity index is 1.77. The van der Waals surface area contributed by atoms with Crippen LogP contribution >= 0.6 is 0 Å². The lowest BCUT2D eigenvalue weighted by atomic mass is 9.99. The standard InChI is InChI=1S/C18H21NO/c1-13-9-15(10-14(2)18(13)20)11-19-8-7-16-5-3-4-6-17(16)12-19/h3-6,9-10,20H,7-8,11-12H2,1-2H3. The predicted octanol–water partition coefficient (Wildman–Crippen LogP) is 3.57. The van der Waals surface area contributed by atoms with Crippen molar-refractivity contribution in [2.75, 3.05) is 6.54 Å². The third-order valence-electron chi connectivity index (χ3n) is 4.17. The fourth-order valence-corrected chi connectivity index (χ4v) is 3.08. The summed E-state index contributed by atoms with van der Waals surface area (Å²) in [4.78, 5) is 2.48. The molecule has 0 spiro atoms. The monoisotopic (exact) mass is 267 g/mol. The molecule has 0 bridgehead atoms. The minimum atomic E-state index is 0.428. The summed E-state index contributed by atoms with van der Waals surface area (Å²) in [5, 5.41) is 9.85. The smallest absolute Gasteiger partial charge is 0.121 e. The van der Waals surface area contributed by atoms with E-state index < -0.39 is 0 Å². The number of hydrogen-bond donors (Lipinski definition) is 1. The van der Waals surface area contributed by atoms with Crippen LogP contribution in [0.15, 0.2) is 36.4 Å². The number of phenolic OH excluding ortho intramolecular Hbond substituents is 1. The average Bonchev–Trinajstić information content (AvgIpc) is 2.44. The molecule has 104 valence electrons. The van der Waals surface area contributed by atoms with Crippen molar-refractivity contribution in [2.24, 2.45) is 0 Å². The minimum Gasteiger partial charge on any atom is -0.507 e. The summed E-state index contributed by atoms with van der Waals surface area (Å²) in [7, 11) is 0. The van der Waals surface area contributed by atoms with Gasteiger partial charge in [0.15, 0.2) is 0 Å². The van der Waals surface area contributed by atoms with Gasteiger partial charge in [0, 0.05) is 19.6 Å². The van der Waals surface area contributed by atoms with Gasteiger partial charge in [-0.15, -0.1) is 0 Å². The Bertz CT molecular complexity index is 610. The van der Waals surface area contributed by atoms with E-state index in [1.807, 2.05) is 13.8 Å². The zero-order chi connectivity index (χ0) is 14.1. The van der Waals surface area contributed by atoms with Crippen molar-refractivity contribution in [3.8, 4) is 5.75 Å². The van der Waals surface area contributed by atoms with Crippen LogP contribution in [-0.2, 0) is 19.5 Å². The molecule has 1 heterocycles. The van der Waals surface area contributed by atoms with Gasteiger partial charge < -0.3 is 5.11 Å². The summed E-state index contributed by atoms with van der Waals surface area (Å²) in [5.41, 5.74) is 6.17. The maximum atomic E-state index is 9.85. The van der Waals surface area contributed by atoms with Crippen molar-refractivity contribution in [1.82, 2.24) is 4.90 Å². The SMILES string of the molecule is Cc1cc(CN2CCc3ccccc3C2)cc(C)c1O. The zero-order valence-corrected chi connectivity index (χ0v) is 12.2. The van der Waals surface area contributed by atoms with E-state index in [2.05, 4.69) is 41.3 Å². The van der Waals surface area contributed by atoms with E-state index in [1.54, 1.807) is 0 Å². The van der Waals surface area contributed by atoms with Gasteiger partial charge in [-0.05, 0) is 48.1 Å². The molecule has 0 unspecified atom stereocenters. The minimum absolute atomic E-state index is 0.428. The third kappa shape index (κ3) is 2.56. The normalized spacial score (nSPS) is 15.1. The molecule has 0 aliphatic carbocycles. The summed E-state index contributed by atoms with van der Waals surface area (Å²) in [6.07, 6.45) is 1.13. The number of nitrogens with zero attached hydrogens (tertiary/aromatic N) is 1. The quantitative estimate of drug-likeness (QED) is 0.899. The van der Waals surface area contributed by atoms with Gasteiger partial charge in [-0.25, -0.2) is 0 Å². The molecular formula is C18H21NO. The van der Waals surface area contributed by atoms with Crippen molar-refractivity contribution in [3.63, 3.8) is 0 Å². The summed E-state index contributed by atoms with van der Waals surface area (Å²) in [6, 6.07) is 12.9. The lowest BCUT2D eigenvalue weighted by molar-refractivity contribution is 0.245. The van der Waals surface area contributed by atoms with Crippen molar-refractivity contribution in [1.29, 1.82) is 0 Å². The van der Waals surface area contributed by atoms with Crippen LogP contribution in [0, 0.1) is 13.8 Å². The average molecular weight is 267 g/mol. The Morgan fingerprint density at radius 3 is 2.40 bits per heavy atom. The van der Waals surface area contributed by atoms with E-state index in [0.717, 1.165) is 37.2 Å². The summed E-state index contributed by atoms with van der Waals surface area (Å²) < 4.78 is 0. The van der Waals surface area contributed by atoms with Crippen LogP contribution in [0.5, 0.6) is 5.75 Å². The highest BCUT2D eigenvalue weighted by atomic mass is 16.3. The van der Waals surface area contributed by atoms with Gasteiger partial charge in [-0.1, -0.05) is 36.4 Å². The molecule has 2 aromatic rings. The fourth-order valence-electron chi connectivity index (χ4n) is 3.08. The van der Waals surface area contributed by atoms with Crippen molar-refractivity contribution in [2.45, 2.75) is 33.4 Å². The van der Waals surface area contributed by atoms with Crippen LogP contribution in [0.25, 0.3) is 0 Å². The second-order valence-electron chi connectivity index (χ2n) is 5.81. The van der Waals surface area contributed by atoms with Gasteiger partial charge in [-0.3, -0.25) is 4.90 Å². The molecule has 1 N–H and O–H groups in total. The van der Waals surface area contributed by atoms with Gasteiger partial charge in [0.2, 0.25) is 0 Å². The lowest BCUT2D eigenvalue weighted by Gasteiger charge is -2.29. The highest BCUT2D eigenvalue weighted by molar-refractivity contribution is 5.42. The maximum absolute atomic E-state index is 9.85. The molecule has 0 saturated heterocycles. The number of phenols is 1. The molecule has 2 heteroatoms. The summed E-state index contributed by atoms with van der Waals surface area (Å²) in [6.45, 7) is 7.02. The number of fused-ring (bicyclic) bond motifs is 1. The first kappa shape index (κ1) is 13.2. The van der Waals surface area contributed by atoms with E-state index in [-0.39, 0.29) is 0 Å². The number of benzene rings is 2. The molecule has 20 heavy (non-hydrogen) atoms. The van der Waals surface area contributed by atoms with E-state index in [1.165, 1.54) is 16.7 Å². The van der Waals surface area contributed by atoms with E-state index in [9.17, 15) is 5.11 Å². The molecule has 0 saturated carbocycles. The summed E-state index contributed by atoms with van der Waals surface area (Å²) >= 11 is 0. The Hall–Kier alpha value is -1.80. The van der Waals surface area contributed by atoms with Gasteiger partial charge in [0.05, 0.1) is 0 Å². The van der Waals surface area contributed by atoms with Gasteiger partial charge in [-0.2, -0.15) is 0 Å². The van der Waals surface area contributed by atoms with E-state index >= 15 is 0 Å². The first-order valence-corrected chi connectivity index (χ1v) is 7.22. The van der Waals surface area contributed by atoms with Crippen LogP contribution in [0.1, 0.15) is 27.8 Å². The topological polar surface area (TPSA) is 23.5 Å². The van der Waals surface area contributed by atoms with Gasteiger partial charge in [0.25, 0.3) is 0 Å². The Morgan fingerprint density at radius 1 is 1.05 bits per heavy atom. The van der Waals surface area contributed by atoms with Crippen molar-refractivity contribution < 1.29 is 5.11 Å². The first-order valence-electron chi connectivity index (χ1n) is 7.22.